The van der Waals surface area contributed by atoms with E-state index >= 15 is 0 Å². The van der Waals surface area contributed by atoms with Crippen molar-refractivity contribution in [1.82, 2.24) is 14.7 Å². The van der Waals surface area contributed by atoms with Crippen LogP contribution in [-0.4, -0.2) is 72.3 Å². The Hall–Kier alpha value is -1.54. The highest BCUT2D eigenvalue weighted by Crippen LogP contribution is 2.40. The average molecular weight is 362 g/mol. The largest absolute Gasteiger partial charge is 0.341 e. The van der Waals surface area contributed by atoms with Crippen LogP contribution in [-0.2, 0) is 9.59 Å². The van der Waals surface area contributed by atoms with Crippen LogP contribution in [0.3, 0.4) is 0 Å². The van der Waals surface area contributed by atoms with Crippen LogP contribution in [0.4, 0.5) is 0 Å². The molecule has 0 bridgehead atoms. The second-order valence-electron chi connectivity index (χ2n) is 8.68. The highest BCUT2D eigenvalue weighted by atomic mass is 16.2. The van der Waals surface area contributed by atoms with Gasteiger partial charge in [0.15, 0.2) is 0 Å². The van der Waals surface area contributed by atoms with Gasteiger partial charge in [0.1, 0.15) is 0 Å². The van der Waals surface area contributed by atoms with Crippen LogP contribution in [0, 0.1) is 23.2 Å². The molecule has 0 unspecified atom stereocenters. The standard InChI is InChI=1S/C21H35N3O2/c1-17(2)9-8-12-22(5)19(25)10-6-7-11-20(26)24-15-21(16-24)13-23(14-21)18(3)4/h17-18H,6-7,10-16H2,1-5H3. The van der Waals surface area contributed by atoms with E-state index in [2.05, 4.69) is 30.6 Å². The van der Waals surface area contributed by atoms with Gasteiger partial charge in [-0.3, -0.25) is 14.5 Å². The summed E-state index contributed by atoms with van der Waals surface area (Å²) in [5, 5.41) is 0. The van der Waals surface area contributed by atoms with E-state index in [4.69, 9.17) is 0 Å². The first-order valence-corrected chi connectivity index (χ1v) is 9.96. The molecule has 2 saturated heterocycles. The number of carbonyl (C=O) groups is 2. The Morgan fingerprint density at radius 2 is 1.65 bits per heavy atom. The van der Waals surface area contributed by atoms with Crippen LogP contribution in [0.15, 0.2) is 0 Å². The Balaban J connectivity index is 1.55. The Morgan fingerprint density at radius 3 is 2.23 bits per heavy atom. The van der Waals surface area contributed by atoms with Gasteiger partial charge < -0.3 is 9.80 Å². The first kappa shape index (κ1) is 20.8. The molecule has 2 fully saturated rings. The van der Waals surface area contributed by atoms with E-state index in [1.165, 1.54) is 0 Å². The predicted octanol–water partition coefficient (Wildman–Crippen LogP) is 2.22. The van der Waals surface area contributed by atoms with E-state index in [0.29, 0.717) is 36.8 Å². The fourth-order valence-corrected chi connectivity index (χ4v) is 3.68. The van der Waals surface area contributed by atoms with Crippen molar-refractivity contribution in [2.75, 3.05) is 39.8 Å². The van der Waals surface area contributed by atoms with Crippen molar-refractivity contribution in [2.45, 2.75) is 59.4 Å². The maximum absolute atomic E-state index is 12.3. The van der Waals surface area contributed by atoms with Gasteiger partial charge in [0.05, 0.1) is 6.54 Å². The zero-order valence-corrected chi connectivity index (χ0v) is 17.2. The lowest BCUT2D eigenvalue weighted by Crippen LogP contribution is -2.73. The third kappa shape index (κ3) is 5.48. The SMILES string of the molecule is CC(C)C#CCN(C)C(=O)CCCCC(=O)N1CC2(C1)CN(C(C)C)C2. The van der Waals surface area contributed by atoms with Crippen LogP contribution < -0.4 is 0 Å². The van der Waals surface area contributed by atoms with Crippen molar-refractivity contribution in [2.24, 2.45) is 11.3 Å². The fourth-order valence-electron chi connectivity index (χ4n) is 3.68. The van der Waals surface area contributed by atoms with E-state index in [0.717, 1.165) is 39.0 Å². The van der Waals surface area contributed by atoms with Gasteiger partial charge in [-0.15, -0.1) is 0 Å². The van der Waals surface area contributed by atoms with Gasteiger partial charge in [0.2, 0.25) is 11.8 Å². The minimum Gasteiger partial charge on any atom is -0.341 e. The number of amides is 2. The molecule has 0 atom stereocenters. The lowest BCUT2D eigenvalue weighted by molar-refractivity contribution is -0.162. The third-order valence-corrected chi connectivity index (χ3v) is 5.38. The number of rotatable bonds is 7. The first-order chi connectivity index (χ1) is 12.2. The van der Waals surface area contributed by atoms with Gasteiger partial charge in [-0.25, -0.2) is 0 Å². The highest BCUT2D eigenvalue weighted by Gasteiger charge is 2.53. The van der Waals surface area contributed by atoms with Crippen LogP contribution in [0.5, 0.6) is 0 Å². The molecule has 0 aromatic rings. The summed E-state index contributed by atoms with van der Waals surface area (Å²) in [5.41, 5.74) is 0.385. The van der Waals surface area contributed by atoms with E-state index in [9.17, 15) is 9.59 Å². The van der Waals surface area contributed by atoms with Crippen LogP contribution in [0.2, 0.25) is 0 Å². The molecule has 2 aliphatic rings. The number of hydrogen-bond acceptors (Lipinski definition) is 3. The van der Waals surface area contributed by atoms with E-state index in [1.807, 2.05) is 18.7 Å². The topological polar surface area (TPSA) is 43.9 Å². The minimum atomic E-state index is 0.113. The summed E-state index contributed by atoms with van der Waals surface area (Å²) in [4.78, 5) is 30.4. The molecule has 26 heavy (non-hydrogen) atoms. The molecule has 5 heteroatoms. The van der Waals surface area contributed by atoms with Crippen LogP contribution >= 0.6 is 0 Å². The molecule has 146 valence electrons. The zero-order chi connectivity index (χ0) is 19.3. The summed E-state index contributed by atoms with van der Waals surface area (Å²) in [6, 6.07) is 0.609. The van der Waals surface area contributed by atoms with Gasteiger partial charge in [-0.1, -0.05) is 25.7 Å². The lowest BCUT2D eigenvalue weighted by atomic mass is 9.72. The number of hydrogen-bond donors (Lipinski definition) is 0. The fraction of sp³-hybridized carbons (Fsp3) is 0.810. The highest BCUT2D eigenvalue weighted by molar-refractivity contribution is 5.78. The molecule has 0 aromatic carbocycles. The number of likely N-dealkylation sites (tertiary alicyclic amines) is 2. The van der Waals surface area contributed by atoms with Crippen molar-refractivity contribution in [3.05, 3.63) is 0 Å². The monoisotopic (exact) mass is 361 g/mol. The van der Waals surface area contributed by atoms with Crippen molar-refractivity contribution in [1.29, 1.82) is 0 Å². The number of unbranched alkanes of at least 4 members (excludes halogenated alkanes) is 1. The average Bonchev–Trinajstić information content (AvgIpc) is 2.47. The van der Waals surface area contributed by atoms with Crippen molar-refractivity contribution in [3.8, 4) is 11.8 Å². The van der Waals surface area contributed by atoms with E-state index in [-0.39, 0.29) is 11.8 Å². The molecule has 2 aliphatic heterocycles. The molecule has 2 rings (SSSR count). The molecule has 0 aromatic heterocycles. The van der Waals surface area contributed by atoms with Crippen LogP contribution in [0.1, 0.15) is 53.4 Å². The third-order valence-electron chi connectivity index (χ3n) is 5.38. The molecular weight excluding hydrogens is 326 g/mol. The molecule has 0 saturated carbocycles. The summed E-state index contributed by atoms with van der Waals surface area (Å²) in [5.74, 6) is 6.79. The smallest absolute Gasteiger partial charge is 0.223 e. The molecule has 1 spiro atoms. The molecular formula is C21H35N3O2. The maximum Gasteiger partial charge on any atom is 0.223 e. The number of nitrogens with zero attached hydrogens (tertiary/aromatic N) is 3. The zero-order valence-electron chi connectivity index (χ0n) is 17.2. The number of carbonyl (C=O) groups excluding carboxylic acids is 2. The summed E-state index contributed by atoms with van der Waals surface area (Å²) in [6.45, 7) is 13.1. The Labute approximate surface area is 159 Å². The van der Waals surface area contributed by atoms with Crippen molar-refractivity contribution in [3.63, 3.8) is 0 Å². The minimum absolute atomic E-state index is 0.113. The summed E-state index contributed by atoms with van der Waals surface area (Å²) < 4.78 is 0. The molecule has 2 amide bonds. The Morgan fingerprint density at radius 1 is 1.04 bits per heavy atom. The van der Waals surface area contributed by atoms with Crippen molar-refractivity contribution < 1.29 is 9.59 Å². The predicted molar refractivity (Wildman–Crippen MR) is 104 cm³/mol. The normalized spacial score (nSPS) is 18.3. The van der Waals surface area contributed by atoms with Gasteiger partial charge in [-0.05, 0) is 26.7 Å². The van der Waals surface area contributed by atoms with Gasteiger partial charge in [0, 0.05) is 63.4 Å². The summed E-state index contributed by atoms with van der Waals surface area (Å²) in [6.07, 6.45) is 2.62. The van der Waals surface area contributed by atoms with Crippen LogP contribution in [0.25, 0.3) is 0 Å². The van der Waals surface area contributed by atoms with Gasteiger partial charge in [0.25, 0.3) is 0 Å². The molecule has 5 nitrogen and oxygen atoms in total. The second-order valence-corrected chi connectivity index (χ2v) is 8.68. The molecule has 2 heterocycles. The second kappa shape index (κ2) is 8.90. The summed E-state index contributed by atoms with van der Waals surface area (Å²) in [7, 11) is 1.79. The molecule has 0 aliphatic carbocycles. The lowest BCUT2D eigenvalue weighted by Gasteiger charge is -2.61. The molecule has 0 radical (unpaired) electrons. The summed E-state index contributed by atoms with van der Waals surface area (Å²) >= 11 is 0. The molecule has 0 N–H and O–H groups in total. The first-order valence-electron chi connectivity index (χ1n) is 9.96. The quantitative estimate of drug-likeness (QED) is 0.516. The van der Waals surface area contributed by atoms with Gasteiger partial charge in [-0.2, -0.15) is 0 Å². The Kier molecular flexibility index (Phi) is 7.11. The van der Waals surface area contributed by atoms with Gasteiger partial charge >= 0.3 is 0 Å². The van der Waals surface area contributed by atoms with E-state index in [1.54, 1.807) is 11.9 Å². The maximum atomic E-state index is 12.3. The van der Waals surface area contributed by atoms with Crippen molar-refractivity contribution >= 4 is 11.8 Å². The Bertz CT molecular complexity index is 560. The van der Waals surface area contributed by atoms with E-state index < -0.39 is 0 Å².